The molecule has 0 aliphatic rings. The molecular formula is C15H13BrClFO2. The van der Waals surface area contributed by atoms with E-state index in [1.807, 2.05) is 0 Å². The van der Waals surface area contributed by atoms with Crippen LogP contribution in [0.4, 0.5) is 4.39 Å². The Bertz CT molecular complexity index is 617. The van der Waals surface area contributed by atoms with Crippen LogP contribution in [0.5, 0.6) is 5.75 Å². The molecule has 0 spiro atoms. The molecule has 1 atom stereocenters. The van der Waals surface area contributed by atoms with Crippen molar-refractivity contribution in [1.29, 1.82) is 0 Å². The quantitative estimate of drug-likeness (QED) is 0.843. The third kappa shape index (κ3) is 3.72. The maximum Gasteiger partial charge on any atom is 0.129 e. The molecule has 1 N–H and O–H groups in total. The van der Waals surface area contributed by atoms with Crippen molar-refractivity contribution in [3.8, 4) is 5.75 Å². The summed E-state index contributed by atoms with van der Waals surface area (Å²) in [6.45, 7) is 1.70. The van der Waals surface area contributed by atoms with Gasteiger partial charge in [0.15, 0.2) is 0 Å². The molecule has 2 aromatic rings. The molecule has 0 unspecified atom stereocenters. The fraction of sp³-hybridized carbons (Fsp3) is 0.200. The number of rotatable bonds is 4. The standard InChI is InChI=1S/C15H13BrClFO2/c1-9(19)13-7-12(17)3-5-15(13)20-8-10-6-11(16)2-4-14(10)18/h2-7,9,19H,8H2,1H3/t9-/m0/s1. The number of benzene rings is 2. The lowest BCUT2D eigenvalue weighted by atomic mass is 10.1. The van der Waals surface area contributed by atoms with Gasteiger partial charge in [0.05, 0.1) is 6.10 Å². The van der Waals surface area contributed by atoms with E-state index in [4.69, 9.17) is 16.3 Å². The van der Waals surface area contributed by atoms with E-state index in [0.29, 0.717) is 21.9 Å². The second-order valence-corrected chi connectivity index (χ2v) is 5.73. The van der Waals surface area contributed by atoms with Crippen molar-refractivity contribution in [2.75, 3.05) is 0 Å². The number of aliphatic hydroxyl groups is 1. The summed E-state index contributed by atoms with van der Waals surface area (Å²) in [6, 6.07) is 9.63. The maximum absolute atomic E-state index is 13.6. The molecule has 0 fully saturated rings. The minimum absolute atomic E-state index is 0.0760. The van der Waals surface area contributed by atoms with Gasteiger partial charge in [0.1, 0.15) is 18.2 Å². The first-order valence-corrected chi connectivity index (χ1v) is 7.18. The minimum atomic E-state index is -0.712. The van der Waals surface area contributed by atoms with E-state index < -0.39 is 6.10 Å². The Hall–Kier alpha value is -1.10. The van der Waals surface area contributed by atoms with Crippen molar-refractivity contribution in [3.63, 3.8) is 0 Å². The lowest BCUT2D eigenvalue weighted by Gasteiger charge is -2.14. The van der Waals surface area contributed by atoms with E-state index in [1.54, 1.807) is 37.3 Å². The number of aliphatic hydroxyl groups excluding tert-OH is 1. The molecule has 0 amide bonds. The van der Waals surface area contributed by atoms with E-state index in [9.17, 15) is 9.50 Å². The summed E-state index contributed by atoms with van der Waals surface area (Å²) in [4.78, 5) is 0. The predicted octanol–water partition coefficient (Wildman–Crippen LogP) is 4.87. The Labute approximate surface area is 130 Å². The number of hydrogen-bond donors (Lipinski definition) is 1. The predicted molar refractivity (Wildman–Crippen MR) is 80.5 cm³/mol. The lowest BCUT2D eigenvalue weighted by molar-refractivity contribution is 0.190. The first kappa shape index (κ1) is 15.3. The largest absolute Gasteiger partial charge is 0.488 e. The fourth-order valence-electron chi connectivity index (χ4n) is 1.79. The van der Waals surface area contributed by atoms with Crippen molar-refractivity contribution >= 4 is 27.5 Å². The highest BCUT2D eigenvalue weighted by Crippen LogP contribution is 2.29. The van der Waals surface area contributed by atoms with E-state index in [2.05, 4.69) is 15.9 Å². The second kappa shape index (κ2) is 6.57. The van der Waals surface area contributed by atoms with Crippen molar-refractivity contribution < 1.29 is 14.2 Å². The van der Waals surface area contributed by atoms with Gasteiger partial charge in [-0.05, 0) is 43.3 Å². The molecule has 2 nitrogen and oxygen atoms in total. The summed E-state index contributed by atoms with van der Waals surface area (Å²) in [6.07, 6.45) is -0.712. The summed E-state index contributed by atoms with van der Waals surface area (Å²) in [5.41, 5.74) is 1.01. The van der Waals surface area contributed by atoms with Gasteiger partial charge < -0.3 is 9.84 Å². The van der Waals surface area contributed by atoms with Crippen molar-refractivity contribution in [1.82, 2.24) is 0 Å². The van der Waals surface area contributed by atoms with Gasteiger partial charge in [0, 0.05) is 20.6 Å². The van der Waals surface area contributed by atoms with Crippen LogP contribution in [-0.4, -0.2) is 5.11 Å². The highest BCUT2D eigenvalue weighted by Gasteiger charge is 2.11. The molecule has 0 radical (unpaired) electrons. The number of hydrogen-bond acceptors (Lipinski definition) is 2. The molecule has 2 aromatic carbocycles. The first-order chi connectivity index (χ1) is 9.47. The van der Waals surface area contributed by atoms with Crippen LogP contribution in [0.2, 0.25) is 5.02 Å². The van der Waals surface area contributed by atoms with Gasteiger partial charge in [-0.25, -0.2) is 4.39 Å². The van der Waals surface area contributed by atoms with E-state index >= 15 is 0 Å². The van der Waals surface area contributed by atoms with Crippen LogP contribution in [0.1, 0.15) is 24.2 Å². The fourth-order valence-corrected chi connectivity index (χ4v) is 2.38. The Kier molecular flexibility index (Phi) is 5.02. The van der Waals surface area contributed by atoms with E-state index in [1.165, 1.54) is 6.07 Å². The van der Waals surface area contributed by atoms with Crippen LogP contribution >= 0.6 is 27.5 Å². The molecule has 2 rings (SSSR count). The van der Waals surface area contributed by atoms with Gasteiger partial charge in [-0.1, -0.05) is 27.5 Å². The SMILES string of the molecule is C[C@H](O)c1cc(Cl)ccc1OCc1cc(Br)ccc1F. The summed E-state index contributed by atoms with van der Waals surface area (Å²) < 4.78 is 20.0. The smallest absolute Gasteiger partial charge is 0.129 e. The van der Waals surface area contributed by atoms with Gasteiger partial charge in [0.25, 0.3) is 0 Å². The molecule has 0 aliphatic heterocycles. The van der Waals surface area contributed by atoms with Gasteiger partial charge in [-0.3, -0.25) is 0 Å². The van der Waals surface area contributed by atoms with E-state index in [-0.39, 0.29) is 12.4 Å². The molecule has 5 heteroatoms. The molecule has 106 valence electrons. The average molecular weight is 360 g/mol. The normalized spacial score (nSPS) is 12.2. The summed E-state index contributed by atoms with van der Waals surface area (Å²) in [5, 5.41) is 10.2. The lowest BCUT2D eigenvalue weighted by Crippen LogP contribution is -2.02. The Morgan fingerprint density at radius 3 is 2.75 bits per heavy atom. The van der Waals surface area contributed by atoms with Crippen molar-refractivity contribution in [2.45, 2.75) is 19.6 Å². The topological polar surface area (TPSA) is 29.5 Å². The van der Waals surface area contributed by atoms with E-state index in [0.717, 1.165) is 4.47 Å². The summed E-state index contributed by atoms with van der Waals surface area (Å²) in [7, 11) is 0. The molecular weight excluding hydrogens is 347 g/mol. The van der Waals surface area contributed by atoms with Gasteiger partial charge in [-0.15, -0.1) is 0 Å². The molecule has 0 heterocycles. The molecule has 0 aliphatic carbocycles. The van der Waals surface area contributed by atoms with Crippen LogP contribution in [0.15, 0.2) is 40.9 Å². The van der Waals surface area contributed by atoms with Crippen molar-refractivity contribution in [2.24, 2.45) is 0 Å². The van der Waals surface area contributed by atoms with Crippen LogP contribution in [0.3, 0.4) is 0 Å². The third-order valence-electron chi connectivity index (χ3n) is 2.81. The number of halogens is 3. The zero-order valence-electron chi connectivity index (χ0n) is 10.7. The Morgan fingerprint density at radius 2 is 2.05 bits per heavy atom. The zero-order chi connectivity index (χ0) is 14.7. The van der Waals surface area contributed by atoms with Gasteiger partial charge in [0.2, 0.25) is 0 Å². The van der Waals surface area contributed by atoms with Crippen LogP contribution in [-0.2, 0) is 6.61 Å². The van der Waals surface area contributed by atoms with Gasteiger partial charge in [-0.2, -0.15) is 0 Å². The Morgan fingerprint density at radius 1 is 1.30 bits per heavy atom. The zero-order valence-corrected chi connectivity index (χ0v) is 13.1. The molecule has 20 heavy (non-hydrogen) atoms. The molecule has 0 bridgehead atoms. The summed E-state index contributed by atoms with van der Waals surface area (Å²) >= 11 is 9.18. The highest BCUT2D eigenvalue weighted by atomic mass is 79.9. The number of ether oxygens (including phenoxy) is 1. The molecule has 0 aromatic heterocycles. The average Bonchev–Trinajstić information content (AvgIpc) is 2.40. The third-order valence-corrected chi connectivity index (χ3v) is 3.54. The molecule has 0 saturated heterocycles. The van der Waals surface area contributed by atoms with Crippen LogP contribution in [0.25, 0.3) is 0 Å². The second-order valence-electron chi connectivity index (χ2n) is 4.38. The Balaban J connectivity index is 2.20. The maximum atomic E-state index is 13.6. The van der Waals surface area contributed by atoms with Gasteiger partial charge >= 0.3 is 0 Å². The molecule has 0 saturated carbocycles. The van der Waals surface area contributed by atoms with Crippen molar-refractivity contribution in [3.05, 3.63) is 62.8 Å². The minimum Gasteiger partial charge on any atom is -0.488 e. The highest BCUT2D eigenvalue weighted by molar-refractivity contribution is 9.10. The first-order valence-electron chi connectivity index (χ1n) is 6.01. The summed E-state index contributed by atoms with van der Waals surface area (Å²) in [5.74, 6) is 0.157. The monoisotopic (exact) mass is 358 g/mol. The van der Waals surface area contributed by atoms with Crippen LogP contribution < -0.4 is 4.74 Å². The van der Waals surface area contributed by atoms with Crippen LogP contribution in [0, 0.1) is 5.82 Å².